The van der Waals surface area contributed by atoms with Crippen LogP contribution < -0.4 is 10.0 Å². The summed E-state index contributed by atoms with van der Waals surface area (Å²) < 4.78 is 27.2. The van der Waals surface area contributed by atoms with Crippen molar-refractivity contribution in [2.45, 2.75) is 24.6 Å². The van der Waals surface area contributed by atoms with Crippen LogP contribution in [0.5, 0.6) is 0 Å². The summed E-state index contributed by atoms with van der Waals surface area (Å²) in [4.78, 5) is 0.865. The topological polar surface area (TPSA) is 63.4 Å². The van der Waals surface area contributed by atoms with Crippen molar-refractivity contribution in [3.05, 3.63) is 46.8 Å². The highest BCUT2D eigenvalue weighted by molar-refractivity contribution is 7.94. The van der Waals surface area contributed by atoms with Crippen LogP contribution in [-0.2, 0) is 16.6 Å². The van der Waals surface area contributed by atoms with Crippen LogP contribution in [0.4, 0.5) is 5.69 Å². The smallest absolute Gasteiger partial charge is 0.273 e. The standard InChI is InChI=1S/C14H18N2O2S2/c1-3-16(12-6-4-5-11(2)9-12)20(17,18)14-8-7-13(10-15)19-14/h4-9H,3,10,15H2,1-2H3. The van der Waals surface area contributed by atoms with Gasteiger partial charge in [0.2, 0.25) is 0 Å². The molecule has 108 valence electrons. The molecule has 1 aromatic heterocycles. The van der Waals surface area contributed by atoms with Gasteiger partial charge in [-0.05, 0) is 43.7 Å². The molecule has 1 aromatic carbocycles. The second-order valence-corrected chi connectivity index (χ2v) is 7.69. The van der Waals surface area contributed by atoms with E-state index in [0.29, 0.717) is 23.0 Å². The summed E-state index contributed by atoms with van der Waals surface area (Å²) in [5.74, 6) is 0. The highest BCUT2D eigenvalue weighted by Crippen LogP contribution is 2.28. The number of nitrogens with two attached hydrogens (primary N) is 1. The zero-order chi connectivity index (χ0) is 14.8. The Morgan fingerprint density at radius 3 is 2.55 bits per heavy atom. The lowest BCUT2D eigenvalue weighted by Gasteiger charge is -2.22. The molecule has 1 heterocycles. The number of hydrogen-bond acceptors (Lipinski definition) is 4. The molecule has 0 bridgehead atoms. The normalized spacial score (nSPS) is 11.6. The number of benzene rings is 1. The maximum absolute atomic E-state index is 12.7. The van der Waals surface area contributed by atoms with Crippen LogP contribution >= 0.6 is 11.3 Å². The summed E-state index contributed by atoms with van der Waals surface area (Å²) in [6.45, 7) is 4.53. The van der Waals surface area contributed by atoms with Gasteiger partial charge in [-0.25, -0.2) is 8.42 Å². The van der Waals surface area contributed by atoms with Gasteiger partial charge in [0, 0.05) is 18.0 Å². The van der Waals surface area contributed by atoms with E-state index in [1.54, 1.807) is 12.1 Å². The first kappa shape index (κ1) is 15.0. The van der Waals surface area contributed by atoms with Crippen molar-refractivity contribution in [3.8, 4) is 0 Å². The van der Waals surface area contributed by atoms with Crippen LogP contribution in [0.25, 0.3) is 0 Å². The van der Waals surface area contributed by atoms with Gasteiger partial charge in [0.05, 0.1) is 5.69 Å². The molecule has 2 aromatic rings. The Hall–Kier alpha value is -1.37. The van der Waals surface area contributed by atoms with Crippen molar-refractivity contribution in [1.82, 2.24) is 0 Å². The number of anilines is 1. The predicted molar refractivity (Wildman–Crippen MR) is 83.6 cm³/mol. The largest absolute Gasteiger partial charge is 0.326 e. The van der Waals surface area contributed by atoms with Gasteiger partial charge in [-0.2, -0.15) is 0 Å². The van der Waals surface area contributed by atoms with Gasteiger partial charge in [-0.3, -0.25) is 4.31 Å². The van der Waals surface area contributed by atoms with Crippen LogP contribution in [0.15, 0.2) is 40.6 Å². The van der Waals surface area contributed by atoms with Crippen LogP contribution in [0.3, 0.4) is 0 Å². The quantitative estimate of drug-likeness (QED) is 0.923. The van der Waals surface area contributed by atoms with E-state index < -0.39 is 10.0 Å². The lowest BCUT2D eigenvalue weighted by atomic mass is 10.2. The van der Waals surface area contributed by atoms with Crippen molar-refractivity contribution in [2.24, 2.45) is 5.73 Å². The molecule has 0 saturated heterocycles. The van der Waals surface area contributed by atoms with E-state index >= 15 is 0 Å². The Morgan fingerprint density at radius 2 is 2.00 bits per heavy atom. The first-order valence-corrected chi connectivity index (χ1v) is 8.63. The van der Waals surface area contributed by atoms with Crippen LogP contribution in [0.1, 0.15) is 17.4 Å². The fraction of sp³-hybridized carbons (Fsp3) is 0.286. The van der Waals surface area contributed by atoms with Crippen molar-refractivity contribution in [1.29, 1.82) is 0 Å². The molecule has 0 aliphatic heterocycles. The third kappa shape index (κ3) is 2.87. The number of thiophene rings is 1. The van der Waals surface area contributed by atoms with Gasteiger partial charge < -0.3 is 5.73 Å². The van der Waals surface area contributed by atoms with Crippen LogP contribution in [-0.4, -0.2) is 15.0 Å². The average Bonchev–Trinajstić information content (AvgIpc) is 2.89. The molecule has 0 aliphatic rings. The Bertz CT molecular complexity index is 693. The molecular formula is C14H18N2O2S2. The van der Waals surface area contributed by atoms with E-state index in [2.05, 4.69) is 0 Å². The van der Waals surface area contributed by atoms with E-state index in [1.165, 1.54) is 15.6 Å². The third-order valence-electron chi connectivity index (χ3n) is 2.96. The lowest BCUT2D eigenvalue weighted by Crippen LogP contribution is -2.30. The zero-order valence-electron chi connectivity index (χ0n) is 11.5. The highest BCUT2D eigenvalue weighted by Gasteiger charge is 2.25. The summed E-state index contributed by atoms with van der Waals surface area (Å²) in [6.07, 6.45) is 0. The first-order chi connectivity index (χ1) is 9.48. The van der Waals surface area contributed by atoms with E-state index in [9.17, 15) is 8.42 Å². The molecule has 2 rings (SSSR count). The van der Waals surface area contributed by atoms with E-state index in [0.717, 1.165) is 10.4 Å². The van der Waals surface area contributed by atoms with Gasteiger partial charge in [-0.1, -0.05) is 12.1 Å². The molecule has 0 amide bonds. The fourth-order valence-corrected chi connectivity index (χ4v) is 4.80. The molecule has 2 N–H and O–H groups in total. The predicted octanol–water partition coefficient (Wildman–Crippen LogP) is 2.73. The fourth-order valence-electron chi connectivity index (χ4n) is 1.99. The van der Waals surface area contributed by atoms with Crippen molar-refractivity contribution in [2.75, 3.05) is 10.8 Å². The second-order valence-electron chi connectivity index (χ2n) is 4.43. The molecule has 0 aliphatic carbocycles. The van der Waals surface area contributed by atoms with Gasteiger partial charge >= 0.3 is 0 Å². The molecule has 0 atom stereocenters. The third-order valence-corrected chi connectivity index (χ3v) is 6.44. The maximum atomic E-state index is 12.7. The molecule has 6 heteroatoms. The van der Waals surface area contributed by atoms with Gasteiger partial charge in [0.15, 0.2) is 0 Å². The Kier molecular flexibility index (Phi) is 4.47. The highest BCUT2D eigenvalue weighted by atomic mass is 32.2. The molecule has 4 nitrogen and oxygen atoms in total. The Morgan fingerprint density at radius 1 is 1.25 bits per heavy atom. The molecule has 0 fully saturated rings. The molecule has 20 heavy (non-hydrogen) atoms. The SMILES string of the molecule is CCN(c1cccc(C)c1)S(=O)(=O)c1ccc(CN)s1. The van der Waals surface area contributed by atoms with E-state index in [4.69, 9.17) is 5.73 Å². The maximum Gasteiger partial charge on any atom is 0.273 e. The van der Waals surface area contributed by atoms with Crippen molar-refractivity contribution < 1.29 is 8.42 Å². The molecule has 0 spiro atoms. The summed E-state index contributed by atoms with van der Waals surface area (Å²) >= 11 is 1.23. The number of aryl methyl sites for hydroxylation is 1. The minimum Gasteiger partial charge on any atom is -0.326 e. The second kappa shape index (κ2) is 5.95. The minimum absolute atomic E-state index is 0.335. The lowest BCUT2D eigenvalue weighted by molar-refractivity contribution is 0.594. The van der Waals surface area contributed by atoms with Crippen molar-refractivity contribution in [3.63, 3.8) is 0 Å². The van der Waals surface area contributed by atoms with Crippen LogP contribution in [0.2, 0.25) is 0 Å². The number of hydrogen-bond donors (Lipinski definition) is 1. The summed E-state index contributed by atoms with van der Waals surface area (Å²) in [5.41, 5.74) is 7.27. The van der Waals surface area contributed by atoms with E-state index in [1.807, 2.05) is 38.1 Å². The Balaban J connectivity index is 2.44. The van der Waals surface area contributed by atoms with Gasteiger partial charge in [-0.15, -0.1) is 11.3 Å². The monoisotopic (exact) mass is 310 g/mol. The molecule has 0 radical (unpaired) electrons. The molecular weight excluding hydrogens is 292 g/mol. The summed E-state index contributed by atoms with van der Waals surface area (Å²) in [6, 6.07) is 10.9. The van der Waals surface area contributed by atoms with Gasteiger partial charge in [0.25, 0.3) is 10.0 Å². The first-order valence-electron chi connectivity index (χ1n) is 6.37. The van der Waals surface area contributed by atoms with E-state index in [-0.39, 0.29) is 0 Å². The molecule has 0 saturated carbocycles. The summed E-state index contributed by atoms with van der Waals surface area (Å²) in [7, 11) is -3.51. The number of nitrogens with zero attached hydrogens (tertiary/aromatic N) is 1. The molecule has 0 unspecified atom stereocenters. The zero-order valence-corrected chi connectivity index (χ0v) is 13.2. The summed E-state index contributed by atoms with van der Waals surface area (Å²) in [5, 5.41) is 0. The van der Waals surface area contributed by atoms with Gasteiger partial charge in [0.1, 0.15) is 4.21 Å². The average molecular weight is 310 g/mol. The van der Waals surface area contributed by atoms with Crippen molar-refractivity contribution >= 4 is 27.0 Å². The Labute approximate surface area is 123 Å². The minimum atomic E-state index is -3.51. The number of sulfonamides is 1. The van der Waals surface area contributed by atoms with Crippen LogP contribution in [0, 0.1) is 6.92 Å². The number of rotatable bonds is 5.